The number of nitrogens with zero attached hydrogens (tertiary/aromatic N) is 5. The third kappa shape index (κ3) is 3.88. The lowest BCUT2D eigenvalue weighted by Gasteiger charge is -2.10. The first-order valence-electron chi connectivity index (χ1n) is 8.97. The number of hydrogen-bond donors (Lipinski definition) is 1. The van der Waals surface area contributed by atoms with Crippen LogP contribution in [0.15, 0.2) is 59.1 Å². The zero-order valence-electron chi connectivity index (χ0n) is 16.2. The maximum atomic E-state index is 12.1. The van der Waals surface area contributed by atoms with Gasteiger partial charge in [0.05, 0.1) is 17.5 Å². The van der Waals surface area contributed by atoms with E-state index in [4.69, 9.17) is 10.2 Å². The van der Waals surface area contributed by atoms with Gasteiger partial charge in [-0.2, -0.15) is 0 Å². The van der Waals surface area contributed by atoms with Crippen molar-refractivity contribution in [1.82, 2.24) is 25.1 Å². The van der Waals surface area contributed by atoms with Crippen LogP contribution in [0.3, 0.4) is 0 Å². The molecule has 1 amide bonds. The Morgan fingerprint density at radius 2 is 1.77 bits per heavy atom. The third-order valence-electron chi connectivity index (χ3n) is 4.37. The Balaban J connectivity index is 0.00000181. The average molecular weight is 516 g/mol. The molecule has 0 unspecified atom stereocenters. The Bertz CT molecular complexity index is 1230. The Labute approximate surface area is 189 Å². The van der Waals surface area contributed by atoms with Crippen LogP contribution in [0.5, 0.6) is 0 Å². The SMILES string of the molecule is CN(C)C(=O)c1ccc(-c2cnc(N)c(-c3nnc(-c4ccccc4I)o3)n2)cc1.[HH].[HH]. The Kier molecular flexibility index (Phi) is 5.44. The van der Waals surface area contributed by atoms with Crippen LogP contribution in [0.1, 0.15) is 13.2 Å². The highest BCUT2D eigenvalue weighted by Crippen LogP contribution is 2.29. The lowest BCUT2D eigenvalue weighted by atomic mass is 10.1. The number of nitrogens with two attached hydrogens (primary N) is 1. The molecule has 0 aliphatic rings. The molecule has 0 fully saturated rings. The second-order valence-electron chi connectivity index (χ2n) is 6.66. The van der Waals surface area contributed by atoms with Crippen LogP contribution in [0.25, 0.3) is 34.3 Å². The number of carbonyl (C=O) groups is 1. The van der Waals surface area contributed by atoms with Gasteiger partial charge in [0.1, 0.15) is 0 Å². The van der Waals surface area contributed by atoms with Crippen LogP contribution in [0, 0.1) is 3.57 Å². The summed E-state index contributed by atoms with van der Waals surface area (Å²) in [4.78, 5) is 22.4. The molecule has 9 heteroatoms. The van der Waals surface area contributed by atoms with Crippen molar-refractivity contribution in [3.05, 3.63) is 63.9 Å². The molecule has 0 spiro atoms. The van der Waals surface area contributed by atoms with Crippen molar-refractivity contribution in [3.63, 3.8) is 0 Å². The summed E-state index contributed by atoms with van der Waals surface area (Å²) in [5, 5.41) is 8.23. The molecule has 2 aromatic heterocycles. The van der Waals surface area contributed by atoms with Crippen LogP contribution in [0.4, 0.5) is 5.82 Å². The summed E-state index contributed by atoms with van der Waals surface area (Å²) in [6.45, 7) is 0. The number of carbonyl (C=O) groups excluding carboxylic acids is 1. The van der Waals surface area contributed by atoms with Gasteiger partial charge >= 0.3 is 0 Å². The molecule has 4 rings (SSSR count). The fraction of sp³-hybridized carbons (Fsp3) is 0.0952. The van der Waals surface area contributed by atoms with Crippen molar-refractivity contribution >= 4 is 34.3 Å². The van der Waals surface area contributed by atoms with E-state index < -0.39 is 0 Å². The van der Waals surface area contributed by atoms with Crippen LogP contribution in [-0.4, -0.2) is 45.1 Å². The monoisotopic (exact) mass is 516 g/mol. The van der Waals surface area contributed by atoms with Crippen LogP contribution < -0.4 is 5.73 Å². The Morgan fingerprint density at radius 1 is 1.07 bits per heavy atom. The van der Waals surface area contributed by atoms with Gasteiger partial charge in [-0.15, -0.1) is 10.2 Å². The fourth-order valence-corrected chi connectivity index (χ4v) is 3.42. The number of amides is 1. The first-order valence-corrected chi connectivity index (χ1v) is 10.1. The topological polar surface area (TPSA) is 111 Å². The minimum absolute atomic E-state index is 0. The van der Waals surface area contributed by atoms with E-state index >= 15 is 0 Å². The first-order chi connectivity index (χ1) is 14.4. The largest absolute Gasteiger partial charge is 0.414 e. The lowest BCUT2D eigenvalue weighted by Crippen LogP contribution is -2.21. The van der Waals surface area contributed by atoms with Crippen LogP contribution >= 0.6 is 22.6 Å². The summed E-state index contributed by atoms with van der Waals surface area (Å²) < 4.78 is 6.82. The molecule has 2 aromatic carbocycles. The molecule has 2 N–H and O–H groups in total. The van der Waals surface area contributed by atoms with Crippen molar-refractivity contribution in [2.24, 2.45) is 0 Å². The molecule has 0 saturated carbocycles. The molecule has 4 aromatic rings. The lowest BCUT2D eigenvalue weighted by molar-refractivity contribution is 0.0827. The zero-order valence-corrected chi connectivity index (χ0v) is 18.4. The maximum Gasteiger partial charge on any atom is 0.270 e. The molecule has 0 aliphatic heterocycles. The summed E-state index contributed by atoms with van der Waals surface area (Å²) in [7, 11) is 3.42. The minimum Gasteiger partial charge on any atom is -0.414 e. The molecular formula is C21H21IN6O2. The Hall–Kier alpha value is -3.34. The molecule has 154 valence electrons. The van der Waals surface area contributed by atoms with E-state index in [0.29, 0.717) is 22.8 Å². The summed E-state index contributed by atoms with van der Waals surface area (Å²) in [5.41, 5.74) is 9.12. The van der Waals surface area contributed by atoms with Gasteiger partial charge in [-0.05, 0) is 46.9 Å². The van der Waals surface area contributed by atoms with Gasteiger partial charge in [-0.1, -0.05) is 24.3 Å². The summed E-state index contributed by atoms with van der Waals surface area (Å²) in [5.74, 6) is 0.694. The van der Waals surface area contributed by atoms with Crippen molar-refractivity contribution < 1.29 is 12.1 Å². The quantitative estimate of drug-likeness (QED) is 0.404. The number of rotatable bonds is 4. The van der Waals surface area contributed by atoms with Crippen molar-refractivity contribution in [2.75, 3.05) is 19.8 Å². The fourth-order valence-electron chi connectivity index (χ4n) is 2.80. The summed E-state index contributed by atoms with van der Waals surface area (Å²) >= 11 is 2.21. The highest BCUT2D eigenvalue weighted by molar-refractivity contribution is 14.1. The van der Waals surface area contributed by atoms with Crippen molar-refractivity contribution in [1.29, 1.82) is 0 Å². The summed E-state index contributed by atoms with van der Waals surface area (Å²) in [6, 6.07) is 14.8. The van der Waals surface area contributed by atoms with Gasteiger partial charge in [0.25, 0.3) is 11.8 Å². The maximum absolute atomic E-state index is 12.1. The van der Waals surface area contributed by atoms with E-state index in [1.165, 1.54) is 4.90 Å². The van der Waals surface area contributed by atoms with Gasteiger partial charge < -0.3 is 15.1 Å². The molecule has 0 saturated heterocycles. The number of nitrogen functional groups attached to an aromatic ring is 1. The van der Waals surface area contributed by atoms with E-state index in [2.05, 4.69) is 42.8 Å². The second-order valence-corrected chi connectivity index (χ2v) is 7.82. The molecular weight excluding hydrogens is 495 g/mol. The highest BCUT2D eigenvalue weighted by Gasteiger charge is 2.18. The molecule has 0 atom stereocenters. The molecule has 0 radical (unpaired) electrons. The van der Waals surface area contributed by atoms with Gasteiger partial charge in [-0.25, -0.2) is 9.97 Å². The van der Waals surface area contributed by atoms with Gasteiger partial charge in [-0.3, -0.25) is 4.79 Å². The third-order valence-corrected chi connectivity index (χ3v) is 5.31. The number of hydrogen-bond acceptors (Lipinski definition) is 7. The summed E-state index contributed by atoms with van der Waals surface area (Å²) in [6.07, 6.45) is 1.57. The highest BCUT2D eigenvalue weighted by atomic mass is 127. The van der Waals surface area contributed by atoms with E-state index in [0.717, 1.165) is 14.7 Å². The number of benzene rings is 2. The standard InChI is InChI=1S/C21H17IN6O2.2H2/c1-28(2)21(29)13-9-7-12(8-10-13)16-11-24-18(23)17(25-16)20-27-26-19(30-20)14-5-3-4-6-15(14)22;;/h3-11H,1-2H3,(H2,23,24);2*1H. The molecule has 2 heterocycles. The predicted molar refractivity (Wildman–Crippen MR) is 126 cm³/mol. The molecule has 8 nitrogen and oxygen atoms in total. The van der Waals surface area contributed by atoms with Crippen LogP contribution in [0.2, 0.25) is 0 Å². The number of halogens is 1. The van der Waals surface area contributed by atoms with Gasteiger partial charge in [0.15, 0.2) is 11.5 Å². The van der Waals surface area contributed by atoms with E-state index in [9.17, 15) is 4.79 Å². The molecule has 0 aliphatic carbocycles. The first kappa shape index (κ1) is 20.0. The zero-order chi connectivity index (χ0) is 21.3. The molecule has 0 bridgehead atoms. The number of anilines is 1. The number of aromatic nitrogens is 4. The average Bonchev–Trinajstić information content (AvgIpc) is 3.23. The van der Waals surface area contributed by atoms with E-state index in [1.54, 1.807) is 32.4 Å². The van der Waals surface area contributed by atoms with E-state index in [-0.39, 0.29) is 20.5 Å². The smallest absolute Gasteiger partial charge is 0.270 e. The van der Waals surface area contributed by atoms with Gasteiger partial charge in [0.2, 0.25) is 5.89 Å². The molecule has 30 heavy (non-hydrogen) atoms. The second kappa shape index (κ2) is 8.19. The predicted octanol–water partition coefficient (Wildman–Crippen LogP) is 4.24. The normalized spacial score (nSPS) is 10.8. The van der Waals surface area contributed by atoms with Gasteiger partial charge in [0, 0.05) is 31.6 Å². The Morgan fingerprint density at radius 3 is 2.47 bits per heavy atom. The van der Waals surface area contributed by atoms with Crippen LogP contribution in [-0.2, 0) is 0 Å². The van der Waals surface area contributed by atoms with Crippen molar-refractivity contribution in [3.8, 4) is 34.3 Å². The minimum atomic E-state index is -0.0698. The van der Waals surface area contributed by atoms with Crippen molar-refractivity contribution in [2.45, 2.75) is 0 Å². The van der Waals surface area contributed by atoms with E-state index in [1.807, 2.05) is 36.4 Å².